The van der Waals surface area contributed by atoms with Crippen molar-refractivity contribution in [2.24, 2.45) is 5.92 Å². The first-order valence-corrected chi connectivity index (χ1v) is 9.45. The van der Waals surface area contributed by atoms with E-state index >= 15 is 0 Å². The van der Waals surface area contributed by atoms with Crippen molar-refractivity contribution >= 4 is 5.91 Å². The van der Waals surface area contributed by atoms with Gasteiger partial charge < -0.3 is 10.1 Å². The number of benzene rings is 2. The first-order chi connectivity index (χ1) is 12.7. The second kappa shape index (κ2) is 9.39. The first kappa shape index (κ1) is 18.5. The lowest BCUT2D eigenvalue weighted by molar-refractivity contribution is -0.127. The Hall–Kier alpha value is -2.33. The smallest absolute Gasteiger partial charge is 0.223 e. The highest BCUT2D eigenvalue weighted by molar-refractivity contribution is 5.79. The molecule has 0 spiro atoms. The fourth-order valence-electron chi connectivity index (χ4n) is 3.34. The fraction of sp³-hybridized carbons (Fsp3) is 0.409. The number of rotatable bonds is 7. The van der Waals surface area contributed by atoms with E-state index in [2.05, 4.69) is 34.5 Å². The van der Waals surface area contributed by atoms with Gasteiger partial charge in [0.15, 0.2) is 0 Å². The minimum atomic E-state index is 0.00468. The SMILES string of the molecule is C[C@@H](COc1ccccc1)NC(=O)C1CCN(Cc2ccccc2)CC1. The van der Waals surface area contributed by atoms with Crippen molar-refractivity contribution in [2.75, 3.05) is 19.7 Å². The number of nitrogens with zero attached hydrogens (tertiary/aromatic N) is 1. The molecule has 2 aromatic rings. The Bertz CT molecular complexity index is 667. The maximum absolute atomic E-state index is 12.5. The second-order valence-corrected chi connectivity index (χ2v) is 7.07. The van der Waals surface area contributed by atoms with E-state index in [1.165, 1.54) is 5.56 Å². The number of likely N-dealkylation sites (tertiary alicyclic amines) is 1. The number of piperidine rings is 1. The average molecular weight is 352 g/mol. The predicted molar refractivity (Wildman–Crippen MR) is 104 cm³/mol. The van der Waals surface area contributed by atoms with Crippen molar-refractivity contribution < 1.29 is 9.53 Å². The molecule has 0 aliphatic carbocycles. The van der Waals surface area contributed by atoms with Crippen LogP contribution in [-0.2, 0) is 11.3 Å². The van der Waals surface area contributed by atoms with E-state index in [4.69, 9.17) is 4.74 Å². The molecule has 3 rings (SSSR count). The molecule has 0 aromatic heterocycles. The summed E-state index contributed by atoms with van der Waals surface area (Å²) in [4.78, 5) is 14.9. The van der Waals surface area contributed by atoms with Gasteiger partial charge in [-0.3, -0.25) is 9.69 Å². The zero-order chi connectivity index (χ0) is 18.2. The number of carbonyl (C=O) groups excluding carboxylic acids is 1. The third-order valence-corrected chi connectivity index (χ3v) is 4.84. The topological polar surface area (TPSA) is 41.6 Å². The molecule has 1 N–H and O–H groups in total. The van der Waals surface area contributed by atoms with Gasteiger partial charge in [0.05, 0.1) is 6.04 Å². The van der Waals surface area contributed by atoms with E-state index in [0.29, 0.717) is 6.61 Å². The van der Waals surface area contributed by atoms with Crippen LogP contribution in [0.2, 0.25) is 0 Å². The third kappa shape index (κ3) is 5.60. The lowest BCUT2D eigenvalue weighted by atomic mass is 9.95. The van der Waals surface area contributed by atoms with Gasteiger partial charge in [-0.15, -0.1) is 0 Å². The van der Waals surface area contributed by atoms with Crippen LogP contribution in [0.5, 0.6) is 5.75 Å². The van der Waals surface area contributed by atoms with Crippen molar-refractivity contribution in [2.45, 2.75) is 32.4 Å². The van der Waals surface area contributed by atoms with Crippen LogP contribution in [0.15, 0.2) is 60.7 Å². The summed E-state index contributed by atoms with van der Waals surface area (Å²) in [6.07, 6.45) is 1.84. The predicted octanol–water partition coefficient (Wildman–Crippen LogP) is 3.48. The number of hydrogen-bond donors (Lipinski definition) is 1. The van der Waals surface area contributed by atoms with Crippen LogP contribution in [0.1, 0.15) is 25.3 Å². The molecule has 1 aliphatic rings. The minimum absolute atomic E-state index is 0.00468. The Morgan fingerprint density at radius 2 is 1.69 bits per heavy atom. The maximum Gasteiger partial charge on any atom is 0.223 e. The van der Waals surface area contributed by atoms with Crippen molar-refractivity contribution in [1.82, 2.24) is 10.2 Å². The molecule has 1 amide bonds. The van der Waals surface area contributed by atoms with Gasteiger partial charge >= 0.3 is 0 Å². The Labute approximate surface area is 156 Å². The van der Waals surface area contributed by atoms with E-state index in [0.717, 1.165) is 38.2 Å². The summed E-state index contributed by atoms with van der Waals surface area (Å²) in [6, 6.07) is 20.2. The highest BCUT2D eigenvalue weighted by Gasteiger charge is 2.25. The van der Waals surface area contributed by atoms with E-state index in [1.807, 2.05) is 43.3 Å². The van der Waals surface area contributed by atoms with Gasteiger partial charge in [0.1, 0.15) is 12.4 Å². The van der Waals surface area contributed by atoms with Gasteiger partial charge in [-0.25, -0.2) is 0 Å². The summed E-state index contributed by atoms with van der Waals surface area (Å²) in [5.74, 6) is 1.11. The minimum Gasteiger partial charge on any atom is -0.491 e. The molecule has 1 saturated heterocycles. The summed E-state index contributed by atoms with van der Waals surface area (Å²) >= 11 is 0. The molecule has 138 valence electrons. The number of ether oxygens (including phenoxy) is 1. The first-order valence-electron chi connectivity index (χ1n) is 9.45. The molecule has 1 fully saturated rings. The summed E-state index contributed by atoms with van der Waals surface area (Å²) in [7, 11) is 0. The van der Waals surface area contributed by atoms with Crippen LogP contribution in [0.4, 0.5) is 0 Å². The van der Waals surface area contributed by atoms with Crippen LogP contribution < -0.4 is 10.1 Å². The summed E-state index contributed by atoms with van der Waals surface area (Å²) in [5.41, 5.74) is 1.34. The van der Waals surface area contributed by atoms with Crippen LogP contribution in [0, 0.1) is 5.92 Å². The van der Waals surface area contributed by atoms with Gasteiger partial charge in [0.25, 0.3) is 0 Å². The zero-order valence-electron chi connectivity index (χ0n) is 15.4. The van der Waals surface area contributed by atoms with E-state index in [1.54, 1.807) is 0 Å². The van der Waals surface area contributed by atoms with Gasteiger partial charge in [-0.2, -0.15) is 0 Å². The van der Waals surface area contributed by atoms with Crippen molar-refractivity contribution in [3.8, 4) is 5.75 Å². The molecule has 1 heterocycles. The molecule has 26 heavy (non-hydrogen) atoms. The van der Waals surface area contributed by atoms with Crippen molar-refractivity contribution in [1.29, 1.82) is 0 Å². The molecule has 1 atom stereocenters. The fourth-order valence-corrected chi connectivity index (χ4v) is 3.34. The van der Waals surface area contributed by atoms with Gasteiger partial charge in [-0.05, 0) is 50.6 Å². The van der Waals surface area contributed by atoms with Crippen LogP contribution in [0.25, 0.3) is 0 Å². The van der Waals surface area contributed by atoms with Gasteiger partial charge in [-0.1, -0.05) is 48.5 Å². The molecule has 0 bridgehead atoms. The van der Waals surface area contributed by atoms with Crippen LogP contribution in [0.3, 0.4) is 0 Å². The molecule has 4 heteroatoms. The number of para-hydroxylation sites is 1. The zero-order valence-corrected chi connectivity index (χ0v) is 15.4. The summed E-state index contributed by atoms with van der Waals surface area (Å²) in [5, 5.41) is 3.10. The molecule has 4 nitrogen and oxygen atoms in total. The van der Waals surface area contributed by atoms with Crippen LogP contribution >= 0.6 is 0 Å². The standard InChI is InChI=1S/C22H28N2O2/c1-18(17-26-21-10-6-3-7-11-21)23-22(25)20-12-14-24(15-13-20)16-19-8-4-2-5-9-19/h2-11,18,20H,12-17H2,1H3,(H,23,25)/t18-/m0/s1. The van der Waals surface area contributed by atoms with E-state index in [9.17, 15) is 4.79 Å². The summed E-state index contributed by atoms with van der Waals surface area (Å²) in [6.45, 7) is 5.40. The normalized spacial score (nSPS) is 16.8. The Morgan fingerprint density at radius 1 is 1.08 bits per heavy atom. The van der Waals surface area contributed by atoms with Crippen molar-refractivity contribution in [3.05, 3.63) is 66.2 Å². The average Bonchev–Trinajstić information content (AvgIpc) is 2.68. The Kier molecular flexibility index (Phi) is 6.67. The summed E-state index contributed by atoms with van der Waals surface area (Å²) < 4.78 is 5.72. The molecule has 2 aromatic carbocycles. The van der Waals surface area contributed by atoms with Gasteiger partial charge in [0, 0.05) is 12.5 Å². The third-order valence-electron chi connectivity index (χ3n) is 4.84. The molecule has 0 unspecified atom stereocenters. The van der Waals surface area contributed by atoms with Crippen molar-refractivity contribution in [3.63, 3.8) is 0 Å². The van der Waals surface area contributed by atoms with E-state index < -0.39 is 0 Å². The maximum atomic E-state index is 12.5. The Balaban J connectivity index is 1.37. The highest BCUT2D eigenvalue weighted by Crippen LogP contribution is 2.19. The molecule has 1 aliphatic heterocycles. The quantitative estimate of drug-likeness (QED) is 0.829. The lowest BCUT2D eigenvalue weighted by Gasteiger charge is -2.31. The molecule has 0 saturated carbocycles. The largest absolute Gasteiger partial charge is 0.491 e. The van der Waals surface area contributed by atoms with Gasteiger partial charge in [0.2, 0.25) is 5.91 Å². The Morgan fingerprint density at radius 3 is 2.35 bits per heavy atom. The molecular weight excluding hydrogens is 324 g/mol. The monoisotopic (exact) mass is 352 g/mol. The molecule has 0 radical (unpaired) electrons. The molecular formula is C22H28N2O2. The van der Waals surface area contributed by atoms with Crippen LogP contribution in [-0.4, -0.2) is 36.5 Å². The highest BCUT2D eigenvalue weighted by atomic mass is 16.5. The number of nitrogens with one attached hydrogen (secondary N) is 1. The second-order valence-electron chi connectivity index (χ2n) is 7.07. The number of amides is 1. The van der Waals surface area contributed by atoms with E-state index in [-0.39, 0.29) is 17.9 Å². The lowest BCUT2D eigenvalue weighted by Crippen LogP contribution is -2.44. The number of hydrogen-bond acceptors (Lipinski definition) is 3. The number of carbonyl (C=O) groups is 1.